The predicted molar refractivity (Wildman–Crippen MR) is 76.1 cm³/mol. The molecule has 0 saturated heterocycles. The Kier molecular flexibility index (Phi) is 5.56. The van der Waals surface area contributed by atoms with E-state index >= 15 is 0 Å². The molecular weight excluding hydrogens is 294 g/mol. The fourth-order valence-corrected chi connectivity index (χ4v) is 1.97. The van der Waals surface area contributed by atoms with Gasteiger partial charge in [-0.1, -0.05) is 33.6 Å². The molecule has 0 aromatic heterocycles. The number of nitrogens with zero attached hydrogens (tertiary/aromatic N) is 1. The number of carbonyl (C=O) groups is 1. The van der Waals surface area contributed by atoms with E-state index in [0.717, 1.165) is 15.6 Å². The number of benzene rings is 1. The first-order valence-corrected chi connectivity index (χ1v) is 6.46. The minimum atomic E-state index is -0.249. The average molecular weight is 312 g/mol. The molecule has 0 N–H and O–H groups in total. The second-order valence-electron chi connectivity index (χ2n) is 4.28. The van der Waals surface area contributed by atoms with Gasteiger partial charge in [-0.25, -0.2) is 5.06 Å². The molecule has 1 rings (SSSR count). The van der Waals surface area contributed by atoms with Gasteiger partial charge in [0.1, 0.15) is 0 Å². The Hall–Kier alpha value is -1.13. The molecule has 1 atom stereocenters. The number of likely N-dealkylation sites (N-methyl/N-ethyl adjacent to an activating group) is 1. The lowest BCUT2D eigenvalue weighted by Gasteiger charge is -2.22. The number of rotatable bonds is 5. The maximum Gasteiger partial charge on any atom is 0.253 e. The highest BCUT2D eigenvalue weighted by Gasteiger charge is 2.24. The van der Waals surface area contributed by atoms with E-state index in [1.54, 1.807) is 7.05 Å². The largest absolute Gasteiger partial charge is 0.275 e. The zero-order valence-electron chi connectivity index (χ0n) is 10.9. The number of hydroxylamine groups is 2. The lowest BCUT2D eigenvalue weighted by Crippen LogP contribution is -2.31. The molecule has 4 heteroatoms. The fourth-order valence-electron chi connectivity index (χ4n) is 1.70. The molecular formula is C14H18BrNO2. The molecule has 0 aliphatic rings. The molecule has 0 fully saturated rings. The SMILES string of the molecule is C=C(C)CC(C(=O)N(C)OC)c1ccc(Br)cc1. The molecule has 0 radical (unpaired) electrons. The monoisotopic (exact) mass is 311 g/mol. The van der Waals surface area contributed by atoms with Crippen molar-refractivity contribution in [3.63, 3.8) is 0 Å². The van der Waals surface area contributed by atoms with E-state index in [0.29, 0.717) is 6.42 Å². The van der Waals surface area contributed by atoms with Crippen molar-refractivity contribution in [2.45, 2.75) is 19.3 Å². The van der Waals surface area contributed by atoms with Gasteiger partial charge in [-0.15, -0.1) is 6.58 Å². The van der Waals surface area contributed by atoms with Crippen LogP contribution in [-0.4, -0.2) is 25.1 Å². The van der Waals surface area contributed by atoms with Gasteiger partial charge in [0.25, 0.3) is 5.91 Å². The molecule has 3 nitrogen and oxygen atoms in total. The van der Waals surface area contributed by atoms with E-state index in [2.05, 4.69) is 22.5 Å². The van der Waals surface area contributed by atoms with Crippen LogP contribution < -0.4 is 0 Å². The smallest absolute Gasteiger partial charge is 0.253 e. The first-order valence-electron chi connectivity index (χ1n) is 5.67. The van der Waals surface area contributed by atoms with Gasteiger partial charge < -0.3 is 0 Å². The van der Waals surface area contributed by atoms with Gasteiger partial charge in [-0.2, -0.15) is 0 Å². The van der Waals surface area contributed by atoms with Gasteiger partial charge in [0.15, 0.2) is 0 Å². The highest BCUT2D eigenvalue weighted by Crippen LogP contribution is 2.26. The number of hydrogen-bond acceptors (Lipinski definition) is 2. The zero-order chi connectivity index (χ0) is 13.7. The third kappa shape index (κ3) is 3.96. The van der Waals surface area contributed by atoms with Gasteiger partial charge in [-0.05, 0) is 31.0 Å². The van der Waals surface area contributed by atoms with Gasteiger partial charge in [-0.3, -0.25) is 9.63 Å². The predicted octanol–water partition coefficient (Wildman–Crippen LogP) is 3.52. The molecule has 1 amide bonds. The fraction of sp³-hybridized carbons (Fsp3) is 0.357. The third-order valence-corrected chi connectivity index (χ3v) is 3.24. The number of allylic oxidation sites excluding steroid dienone is 1. The topological polar surface area (TPSA) is 29.5 Å². The Bertz CT molecular complexity index is 428. The highest BCUT2D eigenvalue weighted by molar-refractivity contribution is 9.10. The van der Waals surface area contributed by atoms with E-state index in [1.807, 2.05) is 31.2 Å². The molecule has 0 heterocycles. The third-order valence-electron chi connectivity index (χ3n) is 2.71. The van der Waals surface area contributed by atoms with E-state index in [-0.39, 0.29) is 11.8 Å². The van der Waals surface area contributed by atoms with Crippen LogP contribution in [0.5, 0.6) is 0 Å². The summed E-state index contributed by atoms with van der Waals surface area (Å²) < 4.78 is 0.993. The van der Waals surface area contributed by atoms with E-state index in [4.69, 9.17) is 4.84 Å². The molecule has 1 aromatic rings. The lowest BCUT2D eigenvalue weighted by atomic mass is 9.92. The highest BCUT2D eigenvalue weighted by atomic mass is 79.9. The summed E-state index contributed by atoms with van der Waals surface area (Å²) in [5.74, 6) is -0.316. The molecule has 0 aliphatic heterocycles. The van der Waals surface area contributed by atoms with Crippen LogP contribution in [0.15, 0.2) is 40.9 Å². The quantitative estimate of drug-likeness (QED) is 0.615. The standard InChI is InChI=1S/C14H18BrNO2/c1-10(2)9-13(14(17)16(3)18-4)11-5-7-12(15)8-6-11/h5-8,13H,1,9H2,2-4H3. The van der Waals surface area contributed by atoms with Crippen molar-refractivity contribution in [2.24, 2.45) is 0 Å². The molecule has 0 bridgehead atoms. The van der Waals surface area contributed by atoms with Crippen molar-refractivity contribution in [2.75, 3.05) is 14.2 Å². The normalized spacial score (nSPS) is 12.0. The molecule has 1 aromatic carbocycles. The van der Waals surface area contributed by atoms with Crippen LogP contribution in [0.2, 0.25) is 0 Å². The van der Waals surface area contributed by atoms with Crippen LogP contribution in [0.3, 0.4) is 0 Å². The Labute approximate surface area is 117 Å². The summed E-state index contributed by atoms with van der Waals surface area (Å²) in [7, 11) is 3.10. The molecule has 98 valence electrons. The van der Waals surface area contributed by atoms with Crippen LogP contribution in [0.1, 0.15) is 24.8 Å². The maximum absolute atomic E-state index is 12.2. The zero-order valence-corrected chi connectivity index (χ0v) is 12.5. The summed E-state index contributed by atoms with van der Waals surface area (Å²) in [5, 5.41) is 1.26. The molecule has 0 aliphatic carbocycles. The summed E-state index contributed by atoms with van der Waals surface area (Å²) in [6.45, 7) is 5.81. The second-order valence-corrected chi connectivity index (χ2v) is 5.20. The van der Waals surface area contributed by atoms with E-state index in [1.165, 1.54) is 12.2 Å². The summed E-state index contributed by atoms with van der Waals surface area (Å²) in [6, 6.07) is 7.75. The number of hydrogen-bond donors (Lipinski definition) is 0. The molecule has 1 unspecified atom stereocenters. The van der Waals surface area contributed by atoms with Crippen molar-refractivity contribution in [3.05, 3.63) is 46.5 Å². The Morgan fingerprint density at radius 3 is 2.44 bits per heavy atom. The summed E-state index contributed by atoms with van der Waals surface area (Å²) in [6.07, 6.45) is 0.619. The van der Waals surface area contributed by atoms with Gasteiger partial charge in [0.2, 0.25) is 0 Å². The second kappa shape index (κ2) is 6.71. The van der Waals surface area contributed by atoms with Gasteiger partial charge in [0, 0.05) is 11.5 Å². The first kappa shape index (κ1) is 14.9. The maximum atomic E-state index is 12.2. The van der Waals surface area contributed by atoms with Crippen LogP contribution in [0.4, 0.5) is 0 Å². The number of carbonyl (C=O) groups excluding carboxylic acids is 1. The Balaban J connectivity index is 3.01. The van der Waals surface area contributed by atoms with Crippen LogP contribution in [0, 0.1) is 0 Å². The number of amides is 1. The van der Waals surface area contributed by atoms with Crippen molar-refractivity contribution in [1.82, 2.24) is 5.06 Å². The minimum Gasteiger partial charge on any atom is -0.275 e. The summed E-state index contributed by atoms with van der Waals surface area (Å²) >= 11 is 3.39. The number of halogens is 1. The molecule has 0 spiro atoms. The average Bonchev–Trinajstić information content (AvgIpc) is 2.35. The minimum absolute atomic E-state index is 0.0668. The van der Waals surface area contributed by atoms with Crippen LogP contribution in [0.25, 0.3) is 0 Å². The Morgan fingerprint density at radius 2 is 2.00 bits per heavy atom. The van der Waals surface area contributed by atoms with E-state index in [9.17, 15) is 4.79 Å². The summed E-state index contributed by atoms with van der Waals surface area (Å²) in [5.41, 5.74) is 1.94. The van der Waals surface area contributed by atoms with Gasteiger partial charge in [0.05, 0.1) is 13.0 Å². The van der Waals surface area contributed by atoms with Crippen molar-refractivity contribution < 1.29 is 9.63 Å². The van der Waals surface area contributed by atoms with Crippen LogP contribution >= 0.6 is 15.9 Å². The Morgan fingerprint density at radius 1 is 1.44 bits per heavy atom. The summed E-state index contributed by atoms with van der Waals surface area (Å²) in [4.78, 5) is 17.2. The molecule has 18 heavy (non-hydrogen) atoms. The lowest BCUT2D eigenvalue weighted by molar-refractivity contribution is -0.170. The van der Waals surface area contributed by atoms with Gasteiger partial charge >= 0.3 is 0 Å². The van der Waals surface area contributed by atoms with Crippen molar-refractivity contribution >= 4 is 21.8 Å². The molecule has 0 saturated carbocycles. The van der Waals surface area contributed by atoms with Crippen LogP contribution in [-0.2, 0) is 9.63 Å². The first-order chi connectivity index (χ1) is 8.45. The van der Waals surface area contributed by atoms with E-state index < -0.39 is 0 Å². The van der Waals surface area contributed by atoms with Crippen molar-refractivity contribution in [1.29, 1.82) is 0 Å². The van der Waals surface area contributed by atoms with Crippen molar-refractivity contribution in [3.8, 4) is 0 Å².